The van der Waals surface area contributed by atoms with Crippen LogP contribution in [0.2, 0.25) is 0 Å². The Kier molecular flexibility index (Phi) is 3.73. The maximum atomic E-state index is 4.16. The Labute approximate surface area is 92.1 Å². The van der Waals surface area contributed by atoms with Gasteiger partial charge in [0.15, 0.2) is 0 Å². The van der Waals surface area contributed by atoms with Crippen LogP contribution in [0.3, 0.4) is 0 Å². The zero-order chi connectivity index (χ0) is 10.5. The Hall–Kier alpha value is -0.890. The van der Waals surface area contributed by atoms with Gasteiger partial charge in [0.25, 0.3) is 0 Å². The Balaban J connectivity index is 1.88. The molecule has 1 atom stereocenters. The molecule has 1 aliphatic carbocycles. The minimum Gasteiger partial charge on any atom is -0.307 e. The molecule has 1 fully saturated rings. The molecule has 1 N–H and O–H groups in total. The van der Waals surface area contributed by atoms with Crippen LogP contribution in [0.5, 0.6) is 0 Å². The first-order valence-corrected chi connectivity index (χ1v) is 6.02. The van der Waals surface area contributed by atoms with Gasteiger partial charge in [-0.2, -0.15) is 0 Å². The van der Waals surface area contributed by atoms with E-state index >= 15 is 0 Å². The van der Waals surface area contributed by atoms with Crippen molar-refractivity contribution in [1.29, 1.82) is 0 Å². The fourth-order valence-electron chi connectivity index (χ4n) is 2.35. The molecule has 0 unspecified atom stereocenters. The molecular weight excluding hydrogens is 184 g/mol. The quantitative estimate of drug-likeness (QED) is 0.818. The fourth-order valence-corrected chi connectivity index (χ4v) is 2.35. The van der Waals surface area contributed by atoms with Crippen molar-refractivity contribution in [3.63, 3.8) is 0 Å². The molecule has 0 radical (unpaired) electrons. The molecule has 0 spiro atoms. The van der Waals surface area contributed by atoms with Gasteiger partial charge in [0.05, 0.1) is 0 Å². The topological polar surface area (TPSA) is 24.9 Å². The van der Waals surface area contributed by atoms with Crippen molar-refractivity contribution in [3.05, 3.63) is 30.1 Å². The highest BCUT2D eigenvalue weighted by Crippen LogP contribution is 2.20. The summed E-state index contributed by atoms with van der Waals surface area (Å²) in [5.74, 6) is 0. The minimum absolute atomic E-state index is 0.432. The molecule has 2 rings (SSSR count). The molecule has 0 amide bonds. The van der Waals surface area contributed by atoms with Gasteiger partial charge in [0.2, 0.25) is 0 Å². The van der Waals surface area contributed by atoms with Crippen LogP contribution in [0.1, 0.15) is 50.6 Å². The summed E-state index contributed by atoms with van der Waals surface area (Å²) in [6, 6.07) is 5.30. The third kappa shape index (κ3) is 3.03. The molecule has 2 heteroatoms. The highest BCUT2D eigenvalue weighted by atomic mass is 14.9. The summed E-state index contributed by atoms with van der Waals surface area (Å²) in [4.78, 5) is 4.16. The number of nitrogens with one attached hydrogen (secondary N) is 1. The maximum Gasteiger partial charge on any atom is 0.0315 e. The SMILES string of the molecule is C[C@@H](NC1CCCCC1)c1cccnc1. The molecule has 82 valence electrons. The van der Waals surface area contributed by atoms with Gasteiger partial charge in [-0.05, 0) is 31.4 Å². The lowest BCUT2D eigenvalue weighted by Gasteiger charge is -2.26. The summed E-state index contributed by atoms with van der Waals surface area (Å²) in [5, 5.41) is 3.70. The first-order chi connectivity index (χ1) is 7.36. The number of hydrogen-bond donors (Lipinski definition) is 1. The molecule has 0 bridgehead atoms. The highest BCUT2D eigenvalue weighted by molar-refractivity contribution is 5.12. The van der Waals surface area contributed by atoms with Crippen molar-refractivity contribution in [2.24, 2.45) is 0 Å². The van der Waals surface area contributed by atoms with E-state index in [1.807, 2.05) is 18.5 Å². The van der Waals surface area contributed by atoms with Gasteiger partial charge in [-0.1, -0.05) is 25.3 Å². The van der Waals surface area contributed by atoms with Crippen LogP contribution < -0.4 is 5.32 Å². The Bertz CT molecular complexity index is 278. The average molecular weight is 204 g/mol. The molecule has 0 aliphatic heterocycles. The van der Waals surface area contributed by atoms with Crippen molar-refractivity contribution in [2.45, 2.75) is 51.1 Å². The summed E-state index contributed by atoms with van der Waals surface area (Å²) < 4.78 is 0. The van der Waals surface area contributed by atoms with E-state index in [0.717, 1.165) is 0 Å². The predicted molar refractivity (Wildman–Crippen MR) is 62.7 cm³/mol. The minimum atomic E-state index is 0.432. The Morgan fingerprint density at radius 2 is 2.13 bits per heavy atom. The van der Waals surface area contributed by atoms with Crippen LogP contribution in [-0.2, 0) is 0 Å². The van der Waals surface area contributed by atoms with Gasteiger partial charge in [-0.3, -0.25) is 4.98 Å². The Morgan fingerprint density at radius 3 is 2.80 bits per heavy atom. The molecule has 2 nitrogen and oxygen atoms in total. The van der Waals surface area contributed by atoms with Crippen LogP contribution >= 0.6 is 0 Å². The third-order valence-electron chi connectivity index (χ3n) is 3.28. The molecule has 1 saturated carbocycles. The van der Waals surface area contributed by atoms with E-state index in [-0.39, 0.29) is 0 Å². The van der Waals surface area contributed by atoms with E-state index in [0.29, 0.717) is 12.1 Å². The largest absolute Gasteiger partial charge is 0.307 e. The van der Waals surface area contributed by atoms with Gasteiger partial charge in [-0.25, -0.2) is 0 Å². The third-order valence-corrected chi connectivity index (χ3v) is 3.28. The average Bonchev–Trinajstić information content (AvgIpc) is 2.31. The summed E-state index contributed by atoms with van der Waals surface area (Å²) in [6.07, 6.45) is 10.7. The lowest BCUT2D eigenvalue weighted by molar-refractivity contribution is 0.346. The standard InChI is InChI=1S/C13H20N2/c1-11(12-6-5-9-14-10-12)15-13-7-3-2-4-8-13/h5-6,9-11,13,15H,2-4,7-8H2,1H3/t11-/m1/s1. The van der Waals surface area contributed by atoms with Crippen LogP contribution in [0, 0.1) is 0 Å². The zero-order valence-corrected chi connectivity index (χ0v) is 9.45. The molecular formula is C13H20N2. The van der Waals surface area contributed by atoms with Crippen molar-refractivity contribution < 1.29 is 0 Å². The second-order valence-electron chi connectivity index (χ2n) is 4.51. The summed E-state index contributed by atoms with van der Waals surface area (Å²) in [6.45, 7) is 2.23. The number of pyridine rings is 1. The van der Waals surface area contributed by atoms with Crippen molar-refractivity contribution in [3.8, 4) is 0 Å². The van der Waals surface area contributed by atoms with E-state index < -0.39 is 0 Å². The number of hydrogen-bond acceptors (Lipinski definition) is 2. The van der Waals surface area contributed by atoms with Crippen LogP contribution in [0.25, 0.3) is 0 Å². The second kappa shape index (κ2) is 5.26. The number of aromatic nitrogens is 1. The normalized spacial score (nSPS) is 20.1. The summed E-state index contributed by atoms with van der Waals surface area (Å²) >= 11 is 0. The first-order valence-electron chi connectivity index (χ1n) is 6.02. The second-order valence-corrected chi connectivity index (χ2v) is 4.51. The molecule has 1 aromatic heterocycles. The van der Waals surface area contributed by atoms with Crippen LogP contribution in [-0.4, -0.2) is 11.0 Å². The molecule has 0 saturated heterocycles. The van der Waals surface area contributed by atoms with Crippen molar-refractivity contribution in [1.82, 2.24) is 10.3 Å². The van der Waals surface area contributed by atoms with Gasteiger partial charge in [0, 0.05) is 24.5 Å². The lowest BCUT2D eigenvalue weighted by Crippen LogP contribution is -2.33. The molecule has 15 heavy (non-hydrogen) atoms. The van der Waals surface area contributed by atoms with E-state index in [9.17, 15) is 0 Å². The van der Waals surface area contributed by atoms with Gasteiger partial charge >= 0.3 is 0 Å². The van der Waals surface area contributed by atoms with Crippen LogP contribution in [0.15, 0.2) is 24.5 Å². The van der Waals surface area contributed by atoms with E-state index in [1.165, 1.54) is 37.7 Å². The molecule has 1 aliphatic rings. The number of nitrogens with zero attached hydrogens (tertiary/aromatic N) is 1. The molecule has 1 aromatic rings. The van der Waals surface area contributed by atoms with Crippen molar-refractivity contribution >= 4 is 0 Å². The van der Waals surface area contributed by atoms with E-state index in [4.69, 9.17) is 0 Å². The lowest BCUT2D eigenvalue weighted by atomic mass is 9.94. The molecule has 1 heterocycles. The van der Waals surface area contributed by atoms with Crippen LogP contribution in [0.4, 0.5) is 0 Å². The Morgan fingerprint density at radius 1 is 1.33 bits per heavy atom. The van der Waals surface area contributed by atoms with E-state index in [1.54, 1.807) is 0 Å². The fraction of sp³-hybridized carbons (Fsp3) is 0.615. The van der Waals surface area contributed by atoms with Gasteiger partial charge < -0.3 is 5.32 Å². The van der Waals surface area contributed by atoms with Gasteiger partial charge in [0.1, 0.15) is 0 Å². The van der Waals surface area contributed by atoms with E-state index in [2.05, 4.69) is 23.3 Å². The molecule has 0 aromatic carbocycles. The zero-order valence-electron chi connectivity index (χ0n) is 9.45. The first kappa shape index (κ1) is 10.6. The predicted octanol–water partition coefficient (Wildman–Crippen LogP) is 3.06. The smallest absolute Gasteiger partial charge is 0.0315 e. The van der Waals surface area contributed by atoms with Crippen molar-refractivity contribution in [2.75, 3.05) is 0 Å². The maximum absolute atomic E-state index is 4.16. The summed E-state index contributed by atoms with van der Waals surface area (Å²) in [5.41, 5.74) is 1.29. The number of rotatable bonds is 3. The van der Waals surface area contributed by atoms with Gasteiger partial charge in [-0.15, -0.1) is 0 Å². The monoisotopic (exact) mass is 204 g/mol. The summed E-state index contributed by atoms with van der Waals surface area (Å²) in [7, 11) is 0. The highest BCUT2D eigenvalue weighted by Gasteiger charge is 2.15.